The molecule has 2 rings (SSSR count). The number of hydrogen-bond acceptors (Lipinski definition) is 6. The molecule has 2 N–H and O–H groups in total. The third-order valence-corrected chi connectivity index (χ3v) is 4.05. The standard InChI is InChI=1S/C16H29N5O/c1-13(2)14-12-15(19-16(17)18-14)20(3)6-4-5-7-21-8-10-22-11-9-21/h12-13H,4-11H2,1-3H3,(H2,17,18,19). The molecule has 0 saturated carbocycles. The Balaban J connectivity index is 1.78. The molecule has 124 valence electrons. The average molecular weight is 307 g/mol. The molecule has 1 aliphatic rings. The van der Waals surface area contributed by atoms with Crippen LogP contribution in [0.15, 0.2) is 6.07 Å². The molecule has 0 atom stereocenters. The number of hydrogen-bond donors (Lipinski definition) is 1. The number of rotatable bonds is 7. The van der Waals surface area contributed by atoms with Gasteiger partial charge in [0.25, 0.3) is 0 Å². The van der Waals surface area contributed by atoms with Gasteiger partial charge in [0.05, 0.1) is 18.9 Å². The second kappa shape index (κ2) is 8.29. The lowest BCUT2D eigenvalue weighted by Gasteiger charge is -2.27. The molecular weight excluding hydrogens is 278 g/mol. The molecule has 0 bridgehead atoms. The van der Waals surface area contributed by atoms with Crippen LogP contribution in [0.3, 0.4) is 0 Å². The zero-order chi connectivity index (χ0) is 15.9. The maximum atomic E-state index is 5.82. The van der Waals surface area contributed by atoms with Crippen molar-refractivity contribution in [2.24, 2.45) is 0 Å². The molecule has 0 aromatic carbocycles. The third kappa shape index (κ3) is 5.10. The van der Waals surface area contributed by atoms with Crippen molar-refractivity contribution in [2.75, 3.05) is 57.1 Å². The fraction of sp³-hybridized carbons (Fsp3) is 0.750. The van der Waals surface area contributed by atoms with Gasteiger partial charge in [-0.05, 0) is 25.3 Å². The fourth-order valence-electron chi connectivity index (χ4n) is 2.59. The summed E-state index contributed by atoms with van der Waals surface area (Å²) in [6, 6.07) is 2.04. The smallest absolute Gasteiger partial charge is 0.222 e. The molecule has 2 heterocycles. The second-order valence-electron chi connectivity index (χ2n) is 6.25. The molecule has 1 aromatic heterocycles. The minimum absolute atomic E-state index is 0.360. The molecule has 0 amide bonds. The molecule has 1 saturated heterocycles. The van der Waals surface area contributed by atoms with Crippen molar-refractivity contribution in [3.63, 3.8) is 0 Å². The lowest BCUT2D eigenvalue weighted by Crippen LogP contribution is -2.37. The Morgan fingerprint density at radius 1 is 1.27 bits per heavy atom. The van der Waals surface area contributed by atoms with Crippen LogP contribution < -0.4 is 10.6 Å². The predicted molar refractivity (Wildman–Crippen MR) is 90.3 cm³/mol. The van der Waals surface area contributed by atoms with E-state index in [0.717, 1.165) is 57.3 Å². The summed E-state index contributed by atoms with van der Waals surface area (Å²) in [7, 11) is 2.07. The SMILES string of the molecule is CC(C)c1cc(N(C)CCCCN2CCOCC2)nc(N)n1. The highest BCUT2D eigenvalue weighted by Gasteiger charge is 2.11. The van der Waals surface area contributed by atoms with Gasteiger partial charge in [-0.2, -0.15) is 4.98 Å². The zero-order valence-corrected chi connectivity index (χ0v) is 14.1. The van der Waals surface area contributed by atoms with E-state index in [9.17, 15) is 0 Å². The first-order valence-corrected chi connectivity index (χ1v) is 8.22. The maximum Gasteiger partial charge on any atom is 0.222 e. The van der Waals surface area contributed by atoms with Crippen LogP contribution >= 0.6 is 0 Å². The molecule has 0 radical (unpaired) electrons. The highest BCUT2D eigenvalue weighted by molar-refractivity contribution is 5.43. The Bertz CT molecular complexity index is 460. The number of nitrogens with zero attached hydrogens (tertiary/aromatic N) is 4. The van der Waals surface area contributed by atoms with Gasteiger partial charge in [-0.25, -0.2) is 4.98 Å². The minimum atomic E-state index is 0.360. The summed E-state index contributed by atoms with van der Waals surface area (Å²) in [6.45, 7) is 10.3. The van der Waals surface area contributed by atoms with E-state index < -0.39 is 0 Å². The average Bonchev–Trinajstić information content (AvgIpc) is 2.51. The molecule has 1 aromatic rings. The highest BCUT2D eigenvalue weighted by atomic mass is 16.5. The van der Waals surface area contributed by atoms with E-state index in [1.807, 2.05) is 6.07 Å². The molecule has 6 heteroatoms. The van der Waals surface area contributed by atoms with Gasteiger partial charge in [0.2, 0.25) is 5.95 Å². The number of morpholine rings is 1. The summed E-state index contributed by atoms with van der Waals surface area (Å²) < 4.78 is 5.37. The van der Waals surface area contributed by atoms with Gasteiger partial charge in [-0.3, -0.25) is 4.90 Å². The monoisotopic (exact) mass is 307 g/mol. The molecule has 22 heavy (non-hydrogen) atoms. The van der Waals surface area contributed by atoms with Gasteiger partial charge in [-0.15, -0.1) is 0 Å². The van der Waals surface area contributed by atoms with Crippen LogP contribution in [0, 0.1) is 0 Å². The largest absolute Gasteiger partial charge is 0.379 e. The molecular formula is C16H29N5O. The van der Waals surface area contributed by atoms with E-state index in [2.05, 4.69) is 40.7 Å². The van der Waals surface area contributed by atoms with E-state index in [1.54, 1.807) is 0 Å². The fourth-order valence-corrected chi connectivity index (χ4v) is 2.59. The molecule has 6 nitrogen and oxygen atoms in total. The van der Waals surface area contributed by atoms with Gasteiger partial charge in [0.1, 0.15) is 5.82 Å². The lowest BCUT2D eigenvalue weighted by atomic mass is 10.1. The van der Waals surface area contributed by atoms with Gasteiger partial charge in [0.15, 0.2) is 0 Å². The topological polar surface area (TPSA) is 67.5 Å². The van der Waals surface area contributed by atoms with Crippen LogP contribution in [0.4, 0.5) is 11.8 Å². The van der Waals surface area contributed by atoms with Crippen molar-refractivity contribution in [1.82, 2.24) is 14.9 Å². The van der Waals surface area contributed by atoms with Crippen molar-refractivity contribution >= 4 is 11.8 Å². The summed E-state index contributed by atoms with van der Waals surface area (Å²) in [5, 5.41) is 0. The van der Waals surface area contributed by atoms with Crippen molar-refractivity contribution in [1.29, 1.82) is 0 Å². The number of unbranched alkanes of at least 4 members (excludes halogenated alkanes) is 1. The summed E-state index contributed by atoms with van der Waals surface area (Å²) >= 11 is 0. The number of nitrogens with two attached hydrogens (primary N) is 1. The molecule has 1 fully saturated rings. The normalized spacial score (nSPS) is 16.2. The number of aromatic nitrogens is 2. The first-order chi connectivity index (χ1) is 10.6. The van der Waals surface area contributed by atoms with Crippen molar-refractivity contribution < 1.29 is 4.74 Å². The molecule has 0 spiro atoms. The number of ether oxygens (including phenoxy) is 1. The third-order valence-electron chi connectivity index (χ3n) is 4.05. The summed E-state index contributed by atoms with van der Waals surface area (Å²) in [4.78, 5) is 13.3. The minimum Gasteiger partial charge on any atom is -0.379 e. The van der Waals surface area contributed by atoms with Crippen LogP contribution in [-0.4, -0.2) is 61.3 Å². The summed E-state index contributed by atoms with van der Waals surface area (Å²) in [5.74, 6) is 1.64. The van der Waals surface area contributed by atoms with E-state index >= 15 is 0 Å². The van der Waals surface area contributed by atoms with E-state index in [-0.39, 0.29) is 0 Å². The Morgan fingerprint density at radius 2 is 2.00 bits per heavy atom. The first-order valence-electron chi connectivity index (χ1n) is 8.22. The van der Waals surface area contributed by atoms with Crippen molar-refractivity contribution in [2.45, 2.75) is 32.6 Å². The van der Waals surface area contributed by atoms with Crippen LogP contribution in [0.1, 0.15) is 38.3 Å². The summed E-state index contributed by atoms with van der Waals surface area (Å²) in [5.41, 5.74) is 6.82. The van der Waals surface area contributed by atoms with Gasteiger partial charge >= 0.3 is 0 Å². The second-order valence-corrected chi connectivity index (χ2v) is 6.25. The maximum absolute atomic E-state index is 5.82. The molecule has 0 aliphatic carbocycles. The van der Waals surface area contributed by atoms with Crippen molar-refractivity contribution in [3.8, 4) is 0 Å². The zero-order valence-electron chi connectivity index (χ0n) is 14.1. The Hall–Kier alpha value is -1.40. The van der Waals surface area contributed by atoms with Gasteiger partial charge < -0.3 is 15.4 Å². The van der Waals surface area contributed by atoms with E-state index in [1.165, 1.54) is 6.42 Å². The lowest BCUT2D eigenvalue weighted by molar-refractivity contribution is 0.0372. The van der Waals surface area contributed by atoms with Crippen LogP contribution in [0.25, 0.3) is 0 Å². The summed E-state index contributed by atoms with van der Waals surface area (Å²) in [6.07, 6.45) is 2.34. The Labute approximate surface area is 133 Å². The Kier molecular flexibility index (Phi) is 6.39. The predicted octanol–water partition coefficient (Wildman–Crippen LogP) is 1.73. The van der Waals surface area contributed by atoms with Gasteiger partial charge in [-0.1, -0.05) is 13.8 Å². The number of anilines is 2. The van der Waals surface area contributed by atoms with Gasteiger partial charge in [0, 0.05) is 32.7 Å². The van der Waals surface area contributed by atoms with Crippen molar-refractivity contribution in [3.05, 3.63) is 11.8 Å². The van der Waals surface area contributed by atoms with Crippen LogP contribution in [0.2, 0.25) is 0 Å². The van der Waals surface area contributed by atoms with E-state index in [0.29, 0.717) is 11.9 Å². The Morgan fingerprint density at radius 3 is 2.68 bits per heavy atom. The van der Waals surface area contributed by atoms with Crippen LogP contribution in [-0.2, 0) is 4.74 Å². The van der Waals surface area contributed by atoms with Crippen LogP contribution in [0.5, 0.6) is 0 Å². The molecule has 1 aliphatic heterocycles. The van der Waals surface area contributed by atoms with E-state index in [4.69, 9.17) is 10.5 Å². The molecule has 0 unspecified atom stereocenters. The highest BCUT2D eigenvalue weighted by Crippen LogP contribution is 2.19. The number of nitrogen functional groups attached to an aromatic ring is 1. The first kappa shape index (κ1) is 17.0. The quantitative estimate of drug-likeness (QED) is 0.774.